The highest BCUT2D eigenvalue weighted by molar-refractivity contribution is 5.88. The minimum absolute atomic E-state index is 0.0642. The number of imidazole rings is 1. The zero-order chi connectivity index (χ0) is 17.4. The van der Waals surface area contributed by atoms with Crippen LogP contribution >= 0.6 is 0 Å². The molecular weight excluding hydrogens is 296 g/mol. The van der Waals surface area contributed by atoms with Crippen LogP contribution in [0.2, 0.25) is 0 Å². The van der Waals surface area contributed by atoms with Crippen molar-refractivity contribution in [3.8, 4) is 0 Å². The summed E-state index contributed by atoms with van der Waals surface area (Å²) in [7, 11) is 1.99. The summed E-state index contributed by atoms with van der Waals surface area (Å²) in [6.45, 7) is 9.02. The van der Waals surface area contributed by atoms with Crippen LogP contribution < -0.4 is 0 Å². The van der Waals surface area contributed by atoms with Gasteiger partial charge in [0.15, 0.2) is 0 Å². The van der Waals surface area contributed by atoms with Crippen LogP contribution in [0.1, 0.15) is 37.1 Å². The number of fused-ring (bicyclic) bond motifs is 1. The number of nitrogens with zero attached hydrogens (tertiary/aromatic N) is 4. The molecule has 128 valence electrons. The van der Waals surface area contributed by atoms with Crippen LogP contribution in [0.5, 0.6) is 0 Å². The van der Waals surface area contributed by atoms with Crippen LogP contribution in [-0.2, 0) is 17.9 Å². The molecule has 2 rings (SSSR count). The third-order valence-corrected chi connectivity index (χ3v) is 3.61. The molecule has 7 nitrogen and oxygen atoms in total. The number of aromatic nitrogens is 2. The van der Waals surface area contributed by atoms with Gasteiger partial charge in [0.25, 0.3) is 0 Å². The Labute approximate surface area is 137 Å². The Kier molecular flexibility index (Phi) is 7.47. The molecule has 1 aliphatic heterocycles. The van der Waals surface area contributed by atoms with Crippen molar-refractivity contribution in [2.45, 2.75) is 33.9 Å². The first-order valence-electron chi connectivity index (χ1n) is 7.94. The largest absolute Gasteiger partial charge is 0.477 e. The van der Waals surface area contributed by atoms with Gasteiger partial charge in [0.05, 0.1) is 12.7 Å². The summed E-state index contributed by atoms with van der Waals surface area (Å²) < 4.78 is 1.65. The quantitative estimate of drug-likeness (QED) is 0.830. The molecule has 0 saturated heterocycles. The second kappa shape index (κ2) is 9.09. The van der Waals surface area contributed by atoms with Crippen LogP contribution in [-0.4, -0.2) is 63.0 Å². The fraction of sp³-hybridized carbons (Fsp3) is 0.562. The zero-order valence-corrected chi connectivity index (χ0v) is 14.3. The Balaban J connectivity index is 0.00000127. The van der Waals surface area contributed by atoms with E-state index in [1.807, 2.05) is 27.0 Å². The standard InChI is InChI=1S/C14H20N4O3.C2H6/c1-3-16(2)6-4-5-13(19)17-7-8-18-11(14(20)21)9-15-12(18)10-17;1-2/h4-5,9H,3,6-8,10H2,1-2H3,(H,20,21);1-2H3/b5-4+;. The molecule has 0 atom stereocenters. The molecule has 0 saturated carbocycles. The van der Waals surface area contributed by atoms with Gasteiger partial charge in [-0.05, 0) is 13.6 Å². The van der Waals surface area contributed by atoms with E-state index in [9.17, 15) is 9.59 Å². The normalized spacial score (nSPS) is 13.7. The van der Waals surface area contributed by atoms with Gasteiger partial charge in [0.2, 0.25) is 5.91 Å². The first kappa shape index (κ1) is 18.9. The zero-order valence-electron chi connectivity index (χ0n) is 14.3. The van der Waals surface area contributed by atoms with E-state index < -0.39 is 5.97 Å². The van der Waals surface area contributed by atoms with Crippen LogP contribution in [0.25, 0.3) is 0 Å². The number of hydrogen-bond acceptors (Lipinski definition) is 4. The number of carbonyl (C=O) groups excluding carboxylic acids is 1. The fourth-order valence-electron chi connectivity index (χ4n) is 2.19. The lowest BCUT2D eigenvalue weighted by Crippen LogP contribution is -2.38. The molecule has 1 aromatic rings. The molecule has 0 unspecified atom stereocenters. The van der Waals surface area contributed by atoms with Gasteiger partial charge in [-0.3, -0.25) is 4.79 Å². The first-order valence-corrected chi connectivity index (χ1v) is 7.94. The van der Waals surface area contributed by atoms with Crippen molar-refractivity contribution in [2.24, 2.45) is 0 Å². The summed E-state index contributed by atoms with van der Waals surface area (Å²) in [6, 6.07) is 0. The third-order valence-electron chi connectivity index (χ3n) is 3.61. The maximum atomic E-state index is 12.1. The van der Waals surface area contributed by atoms with E-state index in [0.29, 0.717) is 25.5 Å². The fourth-order valence-corrected chi connectivity index (χ4v) is 2.19. The minimum atomic E-state index is -0.990. The third kappa shape index (κ3) is 4.92. The van der Waals surface area contributed by atoms with Gasteiger partial charge in [0.1, 0.15) is 11.5 Å². The van der Waals surface area contributed by atoms with Crippen molar-refractivity contribution >= 4 is 11.9 Å². The van der Waals surface area contributed by atoms with Gasteiger partial charge in [-0.15, -0.1) is 0 Å². The Morgan fingerprint density at radius 1 is 1.39 bits per heavy atom. The van der Waals surface area contributed by atoms with E-state index in [4.69, 9.17) is 5.11 Å². The van der Waals surface area contributed by atoms with Crippen LogP contribution in [0.15, 0.2) is 18.3 Å². The Morgan fingerprint density at radius 3 is 2.70 bits per heavy atom. The second-order valence-electron chi connectivity index (χ2n) is 5.03. The van der Waals surface area contributed by atoms with Crippen molar-refractivity contribution < 1.29 is 14.7 Å². The molecule has 1 amide bonds. The lowest BCUT2D eigenvalue weighted by molar-refractivity contribution is -0.127. The Hall–Kier alpha value is -2.15. The molecule has 0 aromatic carbocycles. The van der Waals surface area contributed by atoms with Crippen molar-refractivity contribution in [2.75, 3.05) is 26.7 Å². The van der Waals surface area contributed by atoms with Crippen molar-refractivity contribution in [3.05, 3.63) is 29.9 Å². The van der Waals surface area contributed by atoms with Gasteiger partial charge in [-0.2, -0.15) is 0 Å². The molecule has 1 aliphatic rings. The summed E-state index contributed by atoms with van der Waals surface area (Å²) in [5, 5.41) is 9.04. The van der Waals surface area contributed by atoms with E-state index in [1.165, 1.54) is 6.20 Å². The highest BCUT2D eigenvalue weighted by Gasteiger charge is 2.24. The molecule has 2 heterocycles. The van der Waals surface area contributed by atoms with Gasteiger partial charge in [-0.25, -0.2) is 9.78 Å². The van der Waals surface area contributed by atoms with Crippen LogP contribution in [0, 0.1) is 0 Å². The SMILES string of the molecule is CC.CCN(C)C/C=C/C(=O)N1CCn2c(C(=O)O)cnc2C1. The average Bonchev–Trinajstić information content (AvgIpc) is 2.99. The second-order valence-corrected chi connectivity index (χ2v) is 5.03. The summed E-state index contributed by atoms with van der Waals surface area (Å²) in [5.41, 5.74) is 0.178. The number of amides is 1. The maximum Gasteiger partial charge on any atom is 0.354 e. The first-order chi connectivity index (χ1) is 11.0. The molecular formula is C16H26N4O3. The number of carboxylic acids is 1. The summed E-state index contributed by atoms with van der Waals surface area (Å²) in [4.78, 5) is 31.0. The predicted octanol–water partition coefficient (Wildman–Crippen LogP) is 1.46. The number of carboxylic acid groups (broad SMARTS) is 1. The molecule has 7 heteroatoms. The number of rotatable bonds is 5. The van der Waals surface area contributed by atoms with E-state index in [0.717, 1.165) is 13.1 Å². The van der Waals surface area contributed by atoms with E-state index >= 15 is 0 Å². The summed E-state index contributed by atoms with van der Waals surface area (Å²) >= 11 is 0. The number of hydrogen-bond donors (Lipinski definition) is 1. The predicted molar refractivity (Wildman–Crippen MR) is 88.3 cm³/mol. The molecule has 1 aromatic heterocycles. The molecule has 0 radical (unpaired) electrons. The monoisotopic (exact) mass is 322 g/mol. The molecule has 0 fully saturated rings. The molecule has 23 heavy (non-hydrogen) atoms. The maximum absolute atomic E-state index is 12.1. The summed E-state index contributed by atoms with van der Waals surface area (Å²) in [6.07, 6.45) is 4.76. The Morgan fingerprint density at radius 2 is 2.09 bits per heavy atom. The van der Waals surface area contributed by atoms with Crippen molar-refractivity contribution in [1.29, 1.82) is 0 Å². The lowest BCUT2D eigenvalue weighted by atomic mass is 10.3. The van der Waals surface area contributed by atoms with Crippen LogP contribution in [0.3, 0.4) is 0 Å². The molecule has 0 aliphatic carbocycles. The van der Waals surface area contributed by atoms with Crippen molar-refractivity contribution in [1.82, 2.24) is 19.4 Å². The highest BCUT2D eigenvalue weighted by Crippen LogP contribution is 2.14. The minimum Gasteiger partial charge on any atom is -0.477 e. The Bertz CT molecular complexity index is 566. The molecule has 0 bridgehead atoms. The van der Waals surface area contributed by atoms with E-state index in [1.54, 1.807) is 15.5 Å². The number of aromatic carboxylic acids is 1. The molecule has 1 N–H and O–H groups in total. The summed E-state index contributed by atoms with van der Waals surface area (Å²) in [5.74, 6) is -0.437. The smallest absolute Gasteiger partial charge is 0.354 e. The molecule has 0 spiro atoms. The van der Waals surface area contributed by atoms with Gasteiger partial charge in [-0.1, -0.05) is 26.8 Å². The highest BCUT2D eigenvalue weighted by atomic mass is 16.4. The topological polar surface area (TPSA) is 78.7 Å². The lowest BCUT2D eigenvalue weighted by Gasteiger charge is -2.27. The van der Waals surface area contributed by atoms with Gasteiger partial charge in [0, 0.05) is 25.7 Å². The van der Waals surface area contributed by atoms with E-state index in [2.05, 4.69) is 16.8 Å². The number of likely N-dealkylation sites (N-methyl/N-ethyl adjacent to an activating group) is 1. The number of carbonyl (C=O) groups is 2. The van der Waals surface area contributed by atoms with E-state index in [-0.39, 0.29) is 11.6 Å². The van der Waals surface area contributed by atoms with Crippen molar-refractivity contribution in [3.63, 3.8) is 0 Å². The van der Waals surface area contributed by atoms with Gasteiger partial charge >= 0.3 is 5.97 Å². The van der Waals surface area contributed by atoms with Gasteiger partial charge < -0.3 is 19.5 Å². The average molecular weight is 322 g/mol. The van der Waals surface area contributed by atoms with Crippen LogP contribution in [0.4, 0.5) is 0 Å².